The molecule has 0 amide bonds. The highest BCUT2D eigenvalue weighted by Gasteiger charge is 2.15. The molecule has 1 rings (SSSR count). The largest absolute Gasteiger partial charge is 0.300 e. The van der Waals surface area contributed by atoms with Gasteiger partial charge in [0.15, 0.2) is 0 Å². The molecule has 86 valence electrons. The Bertz CT molecular complexity index is 406. The van der Waals surface area contributed by atoms with Crippen LogP contribution in [0.25, 0.3) is 0 Å². The van der Waals surface area contributed by atoms with Gasteiger partial charge < -0.3 is 0 Å². The Hall–Kier alpha value is -1.36. The Labute approximate surface area is 98.2 Å². The fourth-order valence-electron chi connectivity index (χ4n) is 1.06. The van der Waals surface area contributed by atoms with Crippen molar-refractivity contribution in [1.29, 1.82) is 0 Å². The molecule has 0 aliphatic carbocycles. The summed E-state index contributed by atoms with van der Waals surface area (Å²) in [5.41, 5.74) is 0.100. The molecular weight excluding hydrogens is 226 g/mol. The van der Waals surface area contributed by atoms with Crippen molar-refractivity contribution in [3.63, 3.8) is 0 Å². The van der Waals surface area contributed by atoms with E-state index in [1.807, 2.05) is 6.92 Å². The van der Waals surface area contributed by atoms with Crippen molar-refractivity contribution < 1.29 is 9.72 Å². The number of Topliss-reactive ketones (excluding diaryl/α,β-unsaturated/α-hetero) is 1. The first-order chi connectivity index (χ1) is 7.52. The number of hydrogen-bond acceptors (Lipinski definition) is 4. The van der Waals surface area contributed by atoms with Crippen LogP contribution in [-0.2, 0) is 4.79 Å². The minimum Gasteiger partial charge on any atom is -0.300 e. The normalized spacial score (nSPS) is 12.1. The third-order valence-electron chi connectivity index (χ3n) is 2.24. The average Bonchev–Trinajstić information content (AvgIpc) is 2.25. The molecule has 1 atom stereocenters. The van der Waals surface area contributed by atoms with Crippen molar-refractivity contribution >= 4 is 23.2 Å². The molecule has 4 nitrogen and oxygen atoms in total. The highest BCUT2D eigenvalue weighted by atomic mass is 32.2. The molecule has 0 aliphatic rings. The van der Waals surface area contributed by atoms with Crippen LogP contribution in [0.5, 0.6) is 0 Å². The molecule has 16 heavy (non-hydrogen) atoms. The minimum atomic E-state index is -0.402. The van der Waals surface area contributed by atoms with E-state index < -0.39 is 4.92 Å². The topological polar surface area (TPSA) is 60.2 Å². The fourth-order valence-corrected chi connectivity index (χ4v) is 2.19. The van der Waals surface area contributed by atoms with Gasteiger partial charge in [0.2, 0.25) is 0 Å². The van der Waals surface area contributed by atoms with E-state index in [9.17, 15) is 14.9 Å². The van der Waals surface area contributed by atoms with E-state index in [4.69, 9.17) is 0 Å². The molecular formula is C11H13NO3S. The van der Waals surface area contributed by atoms with Crippen molar-refractivity contribution in [2.45, 2.75) is 18.7 Å². The fraction of sp³-hybridized carbons (Fsp3) is 0.364. The molecule has 0 N–H and O–H groups in total. The van der Waals surface area contributed by atoms with E-state index in [-0.39, 0.29) is 17.4 Å². The summed E-state index contributed by atoms with van der Waals surface area (Å²) < 4.78 is 0. The van der Waals surface area contributed by atoms with Crippen molar-refractivity contribution in [1.82, 2.24) is 0 Å². The van der Waals surface area contributed by atoms with E-state index in [0.717, 1.165) is 0 Å². The number of rotatable bonds is 5. The van der Waals surface area contributed by atoms with Crippen LogP contribution in [0.4, 0.5) is 5.69 Å². The SMILES string of the molecule is CC(=O)C(C)CSc1ccccc1[N+](=O)[O-]. The monoisotopic (exact) mass is 239 g/mol. The van der Waals surface area contributed by atoms with Crippen LogP contribution in [-0.4, -0.2) is 16.5 Å². The number of thioether (sulfide) groups is 1. The number of nitro benzene ring substituents is 1. The molecule has 0 fully saturated rings. The summed E-state index contributed by atoms with van der Waals surface area (Å²) in [4.78, 5) is 22.0. The van der Waals surface area contributed by atoms with Gasteiger partial charge in [0.1, 0.15) is 5.78 Å². The van der Waals surface area contributed by atoms with Gasteiger partial charge >= 0.3 is 0 Å². The third kappa shape index (κ3) is 3.34. The first-order valence-electron chi connectivity index (χ1n) is 4.89. The molecule has 0 spiro atoms. The van der Waals surface area contributed by atoms with Gasteiger partial charge in [0, 0.05) is 17.7 Å². The smallest absolute Gasteiger partial charge is 0.282 e. The average molecular weight is 239 g/mol. The predicted molar refractivity (Wildman–Crippen MR) is 63.7 cm³/mol. The van der Waals surface area contributed by atoms with Crippen molar-refractivity contribution in [3.05, 3.63) is 34.4 Å². The number of nitrogens with zero attached hydrogens (tertiary/aromatic N) is 1. The molecule has 0 saturated heterocycles. The lowest BCUT2D eigenvalue weighted by Gasteiger charge is -2.06. The van der Waals surface area contributed by atoms with Crippen molar-refractivity contribution in [2.75, 3.05) is 5.75 Å². The second kappa shape index (κ2) is 5.65. The van der Waals surface area contributed by atoms with Crippen LogP contribution < -0.4 is 0 Å². The minimum absolute atomic E-state index is 0.0789. The van der Waals surface area contributed by atoms with E-state index in [1.165, 1.54) is 24.8 Å². The Morgan fingerprint density at radius 1 is 1.50 bits per heavy atom. The molecule has 1 unspecified atom stereocenters. The van der Waals surface area contributed by atoms with Crippen molar-refractivity contribution in [2.24, 2.45) is 5.92 Å². The zero-order chi connectivity index (χ0) is 12.1. The van der Waals surface area contributed by atoms with Gasteiger partial charge in [-0.05, 0) is 13.0 Å². The van der Waals surface area contributed by atoms with Gasteiger partial charge in [0.05, 0.1) is 9.82 Å². The molecule has 0 heterocycles. The lowest BCUT2D eigenvalue weighted by molar-refractivity contribution is -0.387. The van der Waals surface area contributed by atoms with Crippen LogP contribution in [0.1, 0.15) is 13.8 Å². The Kier molecular flexibility index (Phi) is 4.49. The molecule has 0 aromatic heterocycles. The van der Waals surface area contributed by atoms with E-state index in [2.05, 4.69) is 0 Å². The van der Waals surface area contributed by atoms with Crippen molar-refractivity contribution in [3.8, 4) is 0 Å². The van der Waals surface area contributed by atoms with Crippen LogP contribution in [0, 0.1) is 16.0 Å². The van der Waals surface area contributed by atoms with Gasteiger partial charge in [-0.3, -0.25) is 14.9 Å². The maximum Gasteiger partial charge on any atom is 0.282 e. The van der Waals surface area contributed by atoms with Gasteiger partial charge in [-0.25, -0.2) is 0 Å². The summed E-state index contributed by atoms with van der Waals surface area (Å²) >= 11 is 1.35. The molecule has 0 aliphatic heterocycles. The summed E-state index contributed by atoms with van der Waals surface area (Å²) in [5.74, 6) is 0.594. The van der Waals surface area contributed by atoms with Gasteiger partial charge in [-0.2, -0.15) is 0 Å². The second-order valence-corrected chi connectivity index (χ2v) is 4.61. The zero-order valence-corrected chi connectivity index (χ0v) is 9.99. The van der Waals surface area contributed by atoms with Crippen LogP contribution >= 0.6 is 11.8 Å². The van der Waals surface area contributed by atoms with Crippen LogP contribution in [0.15, 0.2) is 29.2 Å². The summed E-state index contributed by atoms with van der Waals surface area (Å²) in [6.45, 7) is 3.36. The Balaban J connectivity index is 2.74. The lowest BCUT2D eigenvalue weighted by atomic mass is 10.1. The summed E-state index contributed by atoms with van der Waals surface area (Å²) in [7, 11) is 0. The number of benzene rings is 1. The number of nitro groups is 1. The van der Waals surface area contributed by atoms with Gasteiger partial charge in [0.25, 0.3) is 5.69 Å². The Morgan fingerprint density at radius 3 is 2.69 bits per heavy atom. The first kappa shape index (κ1) is 12.7. The number of carbonyl (C=O) groups excluding carboxylic acids is 1. The molecule has 0 radical (unpaired) electrons. The maximum absolute atomic E-state index is 11.0. The molecule has 0 saturated carbocycles. The van der Waals surface area contributed by atoms with E-state index in [0.29, 0.717) is 10.6 Å². The quantitative estimate of drug-likeness (QED) is 0.450. The Morgan fingerprint density at radius 2 is 2.12 bits per heavy atom. The summed E-state index contributed by atoms with van der Waals surface area (Å²) in [6, 6.07) is 6.57. The third-order valence-corrected chi connectivity index (χ3v) is 3.57. The lowest BCUT2D eigenvalue weighted by Crippen LogP contribution is -2.08. The van der Waals surface area contributed by atoms with E-state index >= 15 is 0 Å². The number of ketones is 1. The standard InChI is InChI=1S/C11H13NO3S/c1-8(9(2)13)7-16-11-6-4-3-5-10(11)12(14)15/h3-6,8H,7H2,1-2H3. The van der Waals surface area contributed by atoms with Gasteiger partial charge in [-0.15, -0.1) is 11.8 Å². The van der Waals surface area contributed by atoms with E-state index in [1.54, 1.807) is 18.2 Å². The molecule has 1 aromatic carbocycles. The van der Waals surface area contributed by atoms with Crippen LogP contribution in [0.3, 0.4) is 0 Å². The molecule has 0 bridgehead atoms. The second-order valence-electron chi connectivity index (χ2n) is 3.55. The zero-order valence-electron chi connectivity index (χ0n) is 9.17. The number of hydrogen-bond donors (Lipinski definition) is 0. The van der Waals surface area contributed by atoms with Gasteiger partial charge in [-0.1, -0.05) is 19.1 Å². The number of carbonyl (C=O) groups is 1. The maximum atomic E-state index is 11.0. The highest BCUT2D eigenvalue weighted by Crippen LogP contribution is 2.29. The number of para-hydroxylation sites is 1. The first-order valence-corrected chi connectivity index (χ1v) is 5.87. The summed E-state index contributed by atoms with van der Waals surface area (Å²) in [5, 5.41) is 10.7. The van der Waals surface area contributed by atoms with Crippen LogP contribution in [0.2, 0.25) is 0 Å². The molecule has 1 aromatic rings. The predicted octanol–water partition coefficient (Wildman–Crippen LogP) is 2.91. The molecule has 5 heteroatoms. The summed E-state index contributed by atoms with van der Waals surface area (Å²) in [6.07, 6.45) is 0. The highest BCUT2D eigenvalue weighted by molar-refractivity contribution is 7.99.